The molecule has 1 amide bonds. The number of ether oxygens (including phenoxy) is 1. The van der Waals surface area contributed by atoms with Crippen LogP contribution in [0.5, 0.6) is 0 Å². The van der Waals surface area contributed by atoms with E-state index in [0.29, 0.717) is 12.1 Å². The summed E-state index contributed by atoms with van der Waals surface area (Å²) in [6.07, 6.45) is 0.487. The van der Waals surface area contributed by atoms with Gasteiger partial charge in [-0.3, -0.25) is 9.59 Å². The van der Waals surface area contributed by atoms with Crippen molar-refractivity contribution in [3.8, 4) is 0 Å². The van der Waals surface area contributed by atoms with Gasteiger partial charge in [-0.05, 0) is 36.6 Å². The first-order valence-electron chi connectivity index (χ1n) is 8.89. The van der Waals surface area contributed by atoms with Gasteiger partial charge in [0.25, 0.3) is 5.91 Å². The molecule has 2 aromatic rings. The molecular weight excluding hydrogens is 398 g/mol. The van der Waals surface area contributed by atoms with E-state index >= 15 is 0 Å². The number of hydrogen-bond donors (Lipinski definition) is 1. The molecule has 0 aliphatic carbocycles. The van der Waals surface area contributed by atoms with Gasteiger partial charge in [0.15, 0.2) is 16.4 Å². The third-order valence-corrected chi connectivity index (χ3v) is 7.20. The summed E-state index contributed by atoms with van der Waals surface area (Å²) in [6, 6.07) is 17.2. The lowest BCUT2D eigenvalue weighted by atomic mass is 10.1. The Hall–Kier alpha value is -2.32. The van der Waals surface area contributed by atoms with Gasteiger partial charge < -0.3 is 10.1 Å². The summed E-state index contributed by atoms with van der Waals surface area (Å²) in [4.78, 5) is 26.0. The van der Waals surface area contributed by atoms with Gasteiger partial charge in [0.2, 0.25) is 0 Å². The van der Waals surface area contributed by atoms with E-state index in [0.717, 1.165) is 9.79 Å². The number of benzene rings is 2. The molecule has 148 valence electrons. The summed E-state index contributed by atoms with van der Waals surface area (Å²) >= 11 is 1.52. The first-order valence-corrected chi connectivity index (χ1v) is 11.5. The fraction of sp³-hybridized carbons (Fsp3) is 0.300. The van der Waals surface area contributed by atoms with Crippen LogP contribution in [0, 0.1) is 5.92 Å². The van der Waals surface area contributed by atoms with Crippen molar-refractivity contribution in [1.82, 2.24) is 0 Å². The number of esters is 1. The largest absolute Gasteiger partial charge is 0.456 e. The van der Waals surface area contributed by atoms with Crippen molar-refractivity contribution in [3.05, 3.63) is 54.6 Å². The minimum atomic E-state index is -3.03. The highest BCUT2D eigenvalue weighted by molar-refractivity contribution is 7.99. The van der Waals surface area contributed by atoms with Gasteiger partial charge in [0, 0.05) is 16.2 Å². The van der Waals surface area contributed by atoms with E-state index < -0.39 is 28.3 Å². The number of para-hydroxylation sites is 1. The third kappa shape index (κ3) is 6.10. The Kier molecular flexibility index (Phi) is 6.74. The average Bonchev–Trinajstić information content (AvgIpc) is 3.01. The lowest BCUT2D eigenvalue weighted by Crippen LogP contribution is -2.22. The fourth-order valence-electron chi connectivity index (χ4n) is 2.93. The van der Waals surface area contributed by atoms with Crippen LogP contribution in [0.4, 0.5) is 5.69 Å². The number of amides is 1. The van der Waals surface area contributed by atoms with Gasteiger partial charge in [-0.15, -0.1) is 0 Å². The van der Waals surface area contributed by atoms with Gasteiger partial charge >= 0.3 is 5.97 Å². The van der Waals surface area contributed by atoms with Gasteiger partial charge in [0.05, 0.1) is 17.2 Å². The summed E-state index contributed by atoms with van der Waals surface area (Å²) in [6.45, 7) is -0.400. The number of carbonyl (C=O) groups excluding carboxylic acids is 2. The number of rotatable bonds is 7. The molecule has 1 aliphatic heterocycles. The van der Waals surface area contributed by atoms with Crippen molar-refractivity contribution in [2.24, 2.45) is 5.92 Å². The van der Waals surface area contributed by atoms with Crippen molar-refractivity contribution >= 4 is 39.2 Å². The Balaban J connectivity index is 1.50. The van der Waals surface area contributed by atoms with Crippen molar-refractivity contribution in [3.63, 3.8) is 0 Å². The zero-order valence-electron chi connectivity index (χ0n) is 15.2. The van der Waals surface area contributed by atoms with Crippen LogP contribution in [0.1, 0.15) is 12.8 Å². The molecule has 2 aromatic carbocycles. The number of nitrogens with one attached hydrogen (secondary N) is 1. The average molecular weight is 420 g/mol. The van der Waals surface area contributed by atoms with Crippen molar-refractivity contribution in [2.75, 3.05) is 23.4 Å². The molecule has 6 nitrogen and oxygen atoms in total. The van der Waals surface area contributed by atoms with Gasteiger partial charge in [0.1, 0.15) is 0 Å². The van der Waals surface area contributed by atoms with E-state index in [1.54, 1.807) is 6.07 Å². The molecule has 28 heavy (non-hydrogen) atoms. The molecule has 8 heteroatoms. The monoisotopic (exact) mass is 419 g/mol. The second-order valence-corrected chi connectivity index (χ2v) is 9.94. The summed E-state index contributed by atoms with van der Waals surface area (Å²) in [7, 11) is -3.03. The predicted molar refractivity (Wildman–Crippen MR) is 108 cm³/mol. The second kappa shape index (κ2) is 9.25. The molecule has 0 radical (unpaired) electrons. The van der Waals surface area contributed by atoms with Crippen molar-refractivity contribution in [2.45, 2.75) is 22.6 Å². The van der Waals surface area contributed by atoms with Gasteiger partial charge in [-0.2, -0.15) is 0 Å². The van der Waals surface area contributed by atoms with E-state index in [4.69, 9.17) is 4.74 Å². The Bertz CT molecular complexity index is 944. The maximum atomic E-state index is 12.2. The number of hydrogen-bond acceptors (Lipinski definition) is 6. The topological polar surface area (TPSA) is 89.5 Å². The van der Waals surface area contributed by atoms with E-state index in [-0.39, 0.29) is 23.8 Å². The van der Waals surface area contributed by atoms with Crippen LogP contribution in [0.25, 0.3) is 0 Å². The van der Waals surface area contributed by atoms with Crippen LogP contribution in [-0.2, 0) is 24.2 Å². The zero-order valence-corrected chi connectivity index (χ0v) is 16.8. The standard InChI is InChI=1S/C20H21NO5S2/c22-19(13-26-20(23)12-15-10-11-28(24,25)14-15)21-17-8-4-5-9-18(17)27-16-6-2-1-3-7-16/h1-9,15H,10-14H2,(H,21,22)/t15-/m0/s1. The molecule has 0 unspecified atom stereocenters. The molecule has 1 heterocycles. The SMILES string of the molecule is O=C(COC(=O)C[C@@H]1CCS(=O)(=O)C1)Nc1ccccc1Sc1ccccc1. The van der Waals surface area contributed by atoms with Crippen molar-refractivity contribution in [1.29, 1.82) is 0 Å². The van der Waals surface area contributed by atoms with Gasteiger partial charge in [-0.25, -0.2) is 8.42 Å². The fourth-order valence-corrected chi connectivity index (χ4v) is 5.72. The molecule has 1 saturated heterocycles. The van der Waals surface area contributed by atoms with Crippen LogP contribution in [0.3, 0.4) is 0 Å². The van der Waals surface area contributed by atoms with Crippen LogP contribution < -0.4 is 5.32 Å². The number of carbonyl (C=O) groups is 2. The highest BCUT2D eigenvalue weighted by atomic mass is 32.2. The highest BCUT2D eigenvalue weighted by Crippen LogP contribution is 2.33. The molecule has 0 aromatic heterocycles. The molecule has 1 N–H and O–H groups in total. The van der Waals surface area contributed by atoms with Crippen LogP contribution in [0.15, 0.2) is 64.4 Å². The summed E-state index contributed by atoms with van der Waals surface area (Å²) in [5.74, 6) is -1.08. The quantitative estimate of drug-likeness (QED) is 0.694. The Labute approximate surface area is 168 Å². The van der Waals surface area contributed by atoms with E-state index in [1.807, 2.05) is 48.5 Å². The Morgan fingerprint density at radius 3 is 2.50 bits per heavy atom. The third-order valence-electron chi connectivity index (χ3n) is 4.28. The molecule has 3 rings (SSSR count). The normalized spacial score (nSPS) is 17.8. The summed E-state index contributed by atoms with van der Waals surface area (Å²) < 4.78 is 27.9. The van der Waals surface area contributed by atoms with Gasteiger partial charge in [-0.1, -0.05) is 42.1 Å². The minimum absolute atomic E-state index is 0.0123. The minimum Gasteiger partial charge on any atom is -0.456 e. The smallest absolute Gasteiger partial charge is 0.306 e. The van der Waals surface area contributed by atoms with E-state index in [1.165, 1.54) is 11.8 Å². The molecule has 1 atom stereocenters. The number of sulfone groups is 1. The molecule has 0 saturated carbocycles. The lowest BCUT2D eigenvalue weighted by molar-refractivity contribution is -0.148. The molecule has 0 spiro atoms. The summed E-state index contributed by atoms with van der Waals surface area (Å²) in [5.41, 5.74) is 0.638. The van der Waals surface area contributed by atoms with Crippen molar-refractivity contribution < 1.29 is 22.7 Å². The molecule has 1 fully saturated rings. The number of anilines is 1. The maximum Gasteiger partial charge on any atom is 0.306 e. The molecule has 0 bridgehead atoms. The Morgan fingerprint density at radius 2 is 1.79 bits per heavy atom. The summed E-state index contributed by atoms with van der Waals surface area (Å²) in [5, 5.41) is 2.76. The zero-order chi connectivity index (χ0) is 20.0. The first-order chi connectivity index (χ1) is 13.4. The molecular formula is C20H21NO5S2. The maximum absolute atomic E-state index is 12.2. The second-order valence-electron chi connectivity index (χ2n) is 6.59. The predicted octanol–water partition coefficient (Wildman–Crippen LogP) is 3.14. The van der Waals surface area contributed by atoms with Crippen LogP contribution in [0.2, 0.25) is 0 Å². The lowest BCUT2D eigenvalue weighted by Gasteiger charge is -2.12. The first kappa shape index (κ1) is 20.4. The molecule has 1 aliphatic rings. The van der Waals surface area contributed by atoms with E-state index in [9.17, 15) is 18.0 Å². The highest BCUT2D eigenvalue weighted by Gasteiger charge is 2.30. The van der Waals surface area contributed by atoms with E-state index in [2.05, 4.69) is 5.32 Å². The van der Waals surface area contributed by atoms with Crippen LogP contribution >= 0.6 is 11.8 Å². The van der Waals surface area contributed by atoms with Crippen LogP contribution in [-0.4, -0.2) is 38.4 Å². The Morgan fingerprint density at radius 1 is 1.07 bits per heavy atom.